The maximum Gasteiger partial charge on any atom is 0.414 e. The number of benzene rings is 1. The smallest absolute Gasteiger partial charge is 0.414 e. The van der Waals surface area contributed by atoms with Gasteiger partial charge in [0.15, 0.2) is 0 Å². The van der Waals surface area contributed by atoms with Crippen molar-refractivity contribution in [2.45, 2.75) is 19.4 Å². The van der Waals surface area contributed by atoms with Gasteiger partial charge in [0.05, 0.1) is 12.3 Å². The van der Waals surface area contributed by atoms with Crippen LogP contribution in [0.15, 0.2) is 23.4 Å². The maximum absolute atomic E-state index is 13.2. The fourth-order valence-corrected chi connectivity index (χ4v) is 2.07. The molecule has 5 nitrogen and oxygen atoms in total. The van der Waals surface area contributed by atoms with Gasteiger partial charge in [-0.3, -0.25) is 4.90 Å². The van der Waals surface area contributed by atoms with Crippen LogP contribution in [0.1, 0.15) is 24.9 Å². The van der Waals surface area contributed by atoms with Crippen molar-refractivity contribution in [3.8, 4) is 0 Å². The van der Waals surface area contributed by atoms with Gasteiger partial charge in [-0.25, -0.2) is 9.18 Å². The molecule has 6 heteroatoms. The number of ether oxygens (including phenoxy) is 1. The predicted molar refractivity (Wildman–Crippen MR) is 63.9 cm³/mol. The highest BCUT2D eigenvalue weighted by Gasteiger charge is 2.30. The largest absolute Gasteiger partial charge is 0.449 e. The first-order valence-corrected chi connectivity index (χ1v) is 5.73. The summed E-state index contributed by atoms with van der Waals surface area (Å²) in [5, 5.41) is 2.97. The molecule has 1 unspecified atom stereocenters. The van der Waals surface area contributed by atoms with Gasteiger partial charge in [-0.1, -0.05) is 5.18 Å². The first-order chi connectivity index (χ1) is 8.67. The van der Waals surface area contributed by atoms with Crippen LogP contribution in [0.5, 0.6) is 0 Å². The third-order valence-corrected chi connectivity index (χ3v) is 2.88. The number of carbonyl (C=O) groups is 1. The molecule has 0 radical (unpaired) electrons. The Balaban J connectivity index is 2.39. The second kappa shape index (κ2) is 5.12. The number of hydrogen-bond donors (Lipinski definition) is 0. The van der Waals surface area contributed by atoms with Crippen LogP contribution >= 0.6 is 0 Å². The number of nitrogens with zero attached hydrogens (tertiary/aromatic N) is 2. The topological polar surface area (TPSA) is 59.0 Å². The van der Waals surface area contributed by atoms with Crippen molar-refractivity contribution in [3.05, 3.63) is 34.5 Å². The molecule has 0 fully saturated rings. The molecule has 1 aliphatic rings. The Morgan fingerprint density at radius 2 is 2.39 bits per heavy atom. The minimum absolute atomic E-state index is 0.265. The van der Waals surface area contributed by atoms with Crippen molar-refractivity contribution in [3.63, 3.8) is 0 Å². The Hall–Kier alpha value is -1.98. The molecule has 0 spiro atoms. The SMILES string of the molecule is CCOC(=O)N1CCC(N=O)c2cc(F)ccc21. The van der Waals surface area contributed by atoms with Crippen molar-refractivity contribution in [2.75, 3.05) is 18.1 Å². The molecule has 2 rings (SSSR count). The minimum atomic E-state index is -0.610. The maximum atomic E-state index is 13.2. The Kier molecular flexibility index (Phi) is 3.55. The summed E-state index contributed by atoms with van der Waals surface area (Å²) in [7, 11) is 0. The van der Waals surface area contributed by atoms with Crippen LogP contribution in [0.25, 0.3) is 0 Å². The summed E-state index contributed by atoms with van der Waals surface area (Å²) in [6.45, 7) is 2.32. The molecule has 0 bridgehead atoms. The molecule has 18 heavy (non-hydrogen) atoms. The van der Waals surface area contributed by atoms with E-state index in [0.717, 1.165) is 0 Å². The molecular weight excluding hydrogens is 239 g/mol. The number of halogens is 1. The zero-order valence-electron chi connectivity index (χ0n) is 9.93. The van der Waals surface area contributed by atoms with Gasteiger partial charge in [0, 0.05) is 12.1 Å². The van der Waals surface area contributed by atoms with E-state index in [2.05, 4.69) is 5.18 Å². The van der Waals surface area contributed by atoms with E-state index in [-0.39, 0.29) is 6.61 Å². The van der Waals surface area contributed by atoms with E-state index < -0.39 is 18.0 Å². The van der Waals surface area contributed by atoms with Crippen molar-refractivity contribution in [2.24, 2.45) is 5.18 Å². The molecule has 1 aromatic rings. The molecule has 1 atom stereocenters. The first-order valence-electron chi connectivity index (χ1n) is 5.73. The average Bonchev–Trinajstić information content (AvgIpc) is 2.37. The number of rotatable bonds is 2. The molecule has 0 saturated carbocycles. The first kappa shape index (κ1) is 12.5. The molecule has 0 saturated heterocycles. The highest BCUT2D eigenvalue weighted by Crippen LogP contribution is 2.36. The van der Waals surface area contributed by atoms with E-state index in [4.69, 9.17) is 4.74 Å². The molecule has 1 heterocycles. The van der Waals surface area contributed by atoms with Gasteiger partial charge >= 0.3 is 6.09 Å². The highest BCUT2D eigenvalue weighted by atomic mass is 19.1. The molecule has 1 aliphatic heterocycles. The molecular formula is C12H13FN2O3. The van der Waals surface area contributed by atoms with Gasteiger partial charge in [0.1, 0.15) is 11.9 Å². The quantitative estimate of drug-likeness (QED) is 0.760. The summed E-state index contributed by atoms with van der Waals surface area (Å²) >= 11 is 0. The molecule has 1 aromatic carbocycles. The molecule has 1 amide bonds. The summed E-state index contributed by atoms with van der Waals surface area (Å²) in [5.41, 5.74) is 0.926. The lowest BCUT2D eigenvalue weighted by Gasteiger charge is -2.30. The van der Waals surface area contributed by atoms with Crippen molar-refractivity contribution in [1.29, 1.82) is 0 Å². The van der Waals surface area contributed by atoms with Crippen molar-refractivity contribution >= 4 is 11.8 Å². The van der Waals surface area contributed by atoms with Crippen LogP contribution in [-0.4, -0.2) is 19.2 Å². The monoisotopic (exact) mass is 252 g/mol. The minimum Gasteiger partial charge on any atom is -0.449 e. The van der Waals surface area contributed by atoms with Gasteiger partial charge in [-0.05, 0) is 31.5 Å². The fraction of sp³-hybridized carbons (Fsp3) is 0.417. The summed E-state index contributed by atoms with van der Waals surface area (Å²) in [5.74, 6) is -0.451. The molecule has 0 N–H and O–H groups in total. The summed E-state index contributed by atoms with van der Waals surface area (Å²) in [4.78, 5) is 23.9. The number of carbonyl (C=O) groups excluding carboxylic acids is 1. The lowest BCUT2D eigenvalue weighted by atomic mass is 9.97. The molecule has 0 aromatic heterocycles. The van der Waals surface area contributed by atoms with Crippen LogP contribution in [0, 0.1) is 10.7 Å². The fourth-order valence-electron chi connectivity index (χ4n) is 2.07. The van der Waals surface area contributed by atoms with Crippen molar-refractivity contribution < 1.29 is 13.9 Å². The Labute approximate surface area is 104 Å². The van der Waals surface area contributed by atoms with Crippen LogP contribution in [0.2, 0.25) is 0 Å². The van der Waals surface area contributed by atoms with Gasteiger partial charge < -0.3 is 4.74 Å². The van der Waals surface area contributed by atoms with E-state index in [0.29, 0.717) is 24.2 Å². The normalized spacial score (nSPS) is 18.1. The van der Waals surface area contributed by atoms with Crippen LogP contribution in [0.3, 0.4) is 0 Å². The Morgan fingerprint density at radius 1 is 1.61 bits per heavy atom. The summed E-state index contributed by atoms with van der Waals surface area (Å²) in [6.07, 6.45) is -0.117. The second-order valence-electron chi connectivity index (χ2n) is 3.96. The third-order valence-electron chi connectivity index (χ3n) is 2.88. The predicted octanol–water partition coefficient (Wildman–Crippen LogP) is 3.00. The average molecular weight is 252 g/mol. The van der Waals surface area contributed by atoms with Gasteiger partial charge in [0.2, 0.25) is 0 Å². The summed E-state index contributed by atoms with van der Waals surface area (Å²) in [6, 6.07) is 3.35. The van der Waals surface area contributed by atoms with Gasteiger partial charge in [-0.15, -0.1) is 0 Å². The second-order valence-corrected chi connectivity index (χ2v) is 3.96. The number of fused-ring (bicyclic) bond motifs is 1. The van der Waals surface area contributed by atoms with E-state index in [1.165, 1.54) is 23.1 Å². The standard InChI is InChI=1S/C12H13FN2O3/c1-2-18-12(16)15-6-5-10(14-17)9-7-8(13)3-4-11(9)15/h3-4,7,10H,2,5-6H2,1H3. The van der Waals surface area contributed by atoms with Crippen LogP contribution in [0.4, 0.5) is 14.9 Å². The van der Waals surface area contributed by atoms with Gasteiger partial charge in [-0.2, -0.15) is 4.91 Å². The van der Waals surface area contributed by atoms with E-state index in [1.54, 1.807) is 6.92 Å². The van der Waals surface area contributed by atoms with E-state index in [1.807, 2.05) is 0 Å². The van der Waals surface area contributed by atoms with Crippen LogP contribution in [-0.2, 0) is 4.74 Å². The number of anilines is 1. The van der Waals surface area contributed by atoms with E-state index in [9.17, 15) is 14.1 Å². The Morgan fingerprint density at radius 3 is 3.06 bits per heavy atom. The van der Waals surface area contributed by atoms with Gasteiger partial charge in [0.25, 0.3) is 0 Å². The van der Waals surface area contributed by atoms with Crippen molar-refractivity contribution in [1.82, 2.24) is 0 Å². The molecule has 0 aliphatic carbocycles. The van der Waals surface area contributed by atoms with Crippen LogP contribution < -0.4 is 4.90 Å². The zero-order chi connectivity index (χ0) is 13.1. The molecule has 96 valence electrons. The zero-order valence-corrected chi connectivity index (χ0v) is 9.93. The summed E-state index contributed by atoms with van der Waals surface area (Å²) < 4.78 is 18.1. The van der Waals surface area contributed by atoms with E-state index >= 15 is 0 Å². The number of nitroso groups, excluding NO2 is 1. The lowest BCUT2D eigenvalue weighted by molar-refractivity contribution is 0.159. The highest BCUT2D eigenvalue weighted by molar-refractivity contribution is 5.89. The third kappa shape index (κ3) is 2.18. The lowest BCUT2D eigenvalue weighted by Crippen LogP contribution is -2.36. The Bertz CT molecular complexity index is 478. The number of hydrogen-bond acceptors (Lipinski definition) is 4. The number of amides is 1.